The van der Waals surface area contributed by atoms with Gasteiger partial charge in [-0.2, -0.15) is 4.98 Å². The molecule has 0 aliphatic rings. The molecule has 0 bridgehead atoms. The summed E-state index contributed by atoms with van der Waals surface area (Å²) in [6.07, 6.45) is 1.81. The Morgan fingerprint density at radius 2 is 2.05 bits per heavy atom. The third kappa shape index (κ3) is 2.13. The van der Waals surface area contributed by atoms with Gasteiger partial charge >= 0.3 is 0 Å². The highest BCUT2D eigenvalue weighted by molar-refractivity contribution is 7.16. The van der Waals surface area contributed by atoms with E-state index < -0.39 is 0 Å². The maximum Gasteiger partial charge on any atom is 0.215 e. The van der Waals surface area contributed by atoms with E-state index in [0.29, 0.717) is 5.88 Å². The first kappa shape index (κ1) is 12.3. The molecule has 104 valence electrons. The minimum Gasteiger partial charge on any atom is -0.481 e. The molecule has 0 aliphatic carbocycles. The van der Waals surface area contributed by atoms with Crippen LogP contribution in [0.1, 0.15) is 5.56 Å². The number of aromatic nitrogens is 4. The molecule has 0 aliphatic heterocycles. The van der Waals surface area contributed by atoms with Crippen LogP contribution in [0.5, 0.6) is 5.88 Å². The molecule has 0 N–H and O–H groups in total. The molecular formula is C15H12N4OS. The molecule has 0 unspecified atom stereocenters. The van der Waals surface area contributed by atoms with Crippen molar-refractivity contribution in [2.45, 2.75) is 6.54 Å². The van der Waals surface area contributed by atoms with Gasteiger partial charge in [-0.1, -0.05) is 6.07 Å². The summed E-state index contributed by atoms with van der Waals surface area (Å²) in [6.45, 7) is 0.727. The molecule has 6 heteroatoms. The quantitative estimate of drug-likeness (QED) is 0.583. The van der Waals surface area contributed by atoms with E-state index in [4.69, 9.17) is 4.74 Å². The third-order valence-electron chi connectivity index (χ3n) is 3.39. The lowest BCUT2D eigenvalue weighted by molar-refractivity contribution is 0.399. The first-order valence-corrected chi connectivity index (χ1v) is 7.39. The van der Waals surface area contributed by atoms with Crippen LogP contribution in [0.4, 0.5) is 0 Å². The fraction of sp³-hybridized carbons (Fsp3) is 0.133. The van der Waals surface area contributed by atoms with E-state index in [0.717, 1.165) is 23.2 Å². The van der Waals surface area contributed by atoms with Crippen LogP contribution in [-0.4, -0.2) is 26.6 Å². The molecule has 4 aromatic rings. The van der Waals surface area contributed by atoms with Gasteiger partial charge in [-0.3, -0.25) is 0 Å². The van der Waals surface area contributed by atoms with Crippen molar-refractivity contribution in [3.63, 3.8) is 0 Å². The van der Waals surface area contributed by atoms with Gasteiger partial charge in [0.15, 0.2) is 5.65 Å². The minimum atomic E-state index is 0.599. The zero-order valence-electron chi connectivity index (χ0n) is 11.4. The molecule has 1 aromatic carbocycles. The van der Waals surface area contributed by atoms with E-state index >= 15 is 0 Å². The van der Waals surface area contributed by atoms with Crippen molar-refractivity contribution < 1.29 is 4.74 Å². The largest absolute Gasteiger partial charge is 0.481 e. The first-order valence-electron chi connectivity index (χ1n) is 6.51. The second kappa shape index (κ2) is 4.82. The van der Waals surface area contributed by atoms with E-state index in [9.17, 15) is 0 Å². The number of imidazole rings is 1. The van der Waals surface area contributed by atoms with Crippen LogP contribution in [0.3, 0.4) is 0 Å². The predicted octanol–water partition coefficient (Wildman–Crippen LogP) is 3.10. The van der Waals surface area contributed by atoms with Crippen LogP contribution in [0.2, 0.25) is 0 Å². The number of thiazole rings is 1. The highest BCUT2D eigenvalue weighted by atomic mass is 32.1. The van der Waals surface area contributed by atoms with Crippen LogP contribution in [0.25, 0.3) is 21.4 Å². The van der Waals surface area contributed by atoms with Crippen molar-refractivity contribution in [3.8, 4) is 5.88 Å². The van der Waals surface area contributed by atoms with Gasteiger partial charge in [-0.05, 0) is 23.8 Å². The number of nitrogens with zero attached hydrogens (tertiary/aromatic N) is 4. The molecule has 0 atom stereocenters. The van der Waals surface area contributed by atoms with Crippen molar-refractivity contribution in [1.29, 1.82) is 0 Å². The highest BCUT2D eigenvalue weighted by Gasteiger charge is 2.07. The van der Waals surface area contributed by atoms with Crippen molar-refractivity contribution in [2.24, 2.45) is 0 Å². The van der Waals surface area contributed by atoms with Crippen molar-refractivity contribution >= 4 is 32.7 Å². The van der Waals surface area contributed by atoms with Crippen LogP contribution in [0.15, 0.2) is 42.2 Å². The minimum absolute atomic E-state index is 0.599. The average molecular weight is 296 g/mol. The molecule has 0 fully saturated rings. The number of rotatable bonds is 3. The maximum absolute atomic E-state index is 5.19. The van der Waals surface area contributed by atoms with Gasteiger partial charge in [-0.15, -0.1) is 11.3 Å². The van der Waals surface area contributed by atoms with Gasteiger partial charge in [0.1, 0.15) is 5.52 Å². The SMILES string of the molecule is COc1ccc2ncn(Cc3ccc4ncsc4c3)c2n1. The number of methoxy groups -OCH3 is 1. The lowest BCUT2D eigenvalue weighted by Gasteiger charge is -2.05. The standard InChI is InChI=1S/C15H12N4OS/c1-20-14-5-4-12-15(18-14)19(8-16-12)7-10-2-3-11-13(6-10)21-9-17-11/h2-6,8-9H,7H2,1H3. The average Bonchev–Trinajstić information content (AvgIpc) is 3.13. The fourth-order valence-electron chi connectivity index (χ4n) is 2.35. The fourth-order valence-corrected chi connectivity index (χ4v) is 3.09. The molecule has 0 saturated heterocycles. The van der Waals surface area contributed by atoms with Gasteiger partial charge in [0.25, 0.3) is 0 Å². The Morgan fingerprint density at radius 1 is 1.14 bits per heavy atom. The van der Waals surface area contributed by atoms with Crippen LogP contribution in [-0.2, 0) is 6.54 Å². The summed E-state index contributed by atoms with van der Waals surface area (Å²) in [7, 11) is 1.62. The van der Waals surface area contributed by atoms with Gasteiger partial charge in [-0.25, -0.2) is 9.97 Å². The van der Waals surface area contributed by atoms with Crippen molar-refractivity contribution in [2.75, 3.05) is 7.11 Å². The number of benzene rings is 1. The second-order valence-electron chi connectivity index (χ2n) is 4.72. The summed E-state index contributed by atoms with van der Waals surface area (Å²) in [6, 6.07) is 10.1. The summed E-state index contributed by atoms with van der Waals surface area (Å²) in [5.74, 6) is 0.599. The molecule has 4 rings (SSSR count). The Hall–Kier alpha value is -2.47. The second-order valence-corrected chi connectivity index (χ2v) is 5.61. The number of pyridine rings is 1. The molecule has 5 nitrogen and oxygen atoms in total. The summed E-state index contributed by atoms with van der Waals surface area (Å²) >= 11 is 1.65. The monoisotopic (exact) mass is 296 g/mol. The summed E-state index contributed by atoms with van der Waals surface area (Å²) in [5.41, 5.74) is 5.82. The van der Waals surface area contributed by atoms with Gasteiger partial charge in [0.05, 0.1) is 35.7 Å². The topological polar surface area (TPSA) is 52.8 Å². The molecule has 3 heterocycles. The molecule has 0 spiro atoms. The summed E-state index contributed by atoms with van der Waals surface area (Å²) < 4.78 is 8.41. The normalized spacial score (nSPS) is 11.3. The van der Waals surface area contributed by atoms with E-state index in [1.807, 2.05) is 34.6 Å². The van der Waals surface area contributed by atoms with Crippen molar-refractivity contribution in [3.05, 3.63) is 47.7 Å². The van der Waals surface area contributed by atoms with Crippen LogP contribution < -0.4 is 4.74 Å². The predicted molar refractivity (Wildman–Crippen MR) is 82.8 cm³/mol. The van der Waals surface area contributed by atoms with Gasteiger partial charge in [0, 0.05) is 6.07 Å². The van der Waals surface area contributed by atoms with E-state index in [1.54, 1.807) is 18.4 Å². The smallest absolute Gasteiger partial charge is 0.215 e. The Morgan fingerprint density at radius 3 is 2.95 bits per heavy atom. The molecule has 21 heavy (non-hydrogen) atoms. The van der Waals surface area contributed by atoms with Gasteiger partial charge < -0.3 is 9.30 Å². The Kier molecular flexibility index (Phi) is 2.82. The van der Waals surface area contributed by atoms with E-state index in [2.05, 4.69) is 27.1 Å². The number of hydrogen-bond donors (Lipinski definition) is 0. The Balaban J connectivity index is 1.75. The molecular weight excluding hydrogens is 284 g/mol. The zero-order chi connectivity index (χ0) is 14.2. The number of fused-ring (bicyclic) bond motifs is 2. The summed E-state index contributed by atoms with van der Waals surface area (Å²) in [4.78, 5) is 13.1. The lowest BCUT2D eigenvalue weighted by atomic mass is 10.2. The van der Waals surface area contributed by atoms with Crippen molar-refractivity contribution in [1.82, 2.24) is 19.5 Å². The Bertz CT molecular complexity index is 928. The highest BCUT2D eigenvalue weighted by Crippen LogP contribution is 2.21. The Labute approximate surface area is 124 Å². The first-order chi connectivity index (χ1) is 10.3. The number of ether oxygens (including phenoxy) is 1. The van der Waals surface area contributed by atoms with E-state index in [-0.39, 0.29) is 0 Å². The molecule has 0 radical (unpaired) electrons. The van der Waals surface area contributed by atoms with Crippen LogP contribution >= 0.6 is 11.3 Å². The molecule has 3 aromatic heterocycles. The molecule has 0 amide bonds. The molecule has 0 saturated carbocycles. The van der Waals surface area contributed by atoms with Crippen LogP contribution in [0, 0.1) is 0 Å². The van der Waals surface area contributed by atoms with Gasteiger partial charge in [0.2, 0.25) is 5.88 Å². The maximum atomic E-state index is 5.19. The zero-order valence-corrected chi connectivity index (χ0v) is 12.2. The lowest BCUT2D eigenvalue weighted by Crippen LogP contribution is -1.99. The summed E-state index contributed by atoms with van der Waals surface area (Å²) in [5, 5.41) is 0. The van der Waals surface area contributed by atoms with E-state index in [1.165, 1.54) is 10.3 Å². The third-order valence-corrected chi connectivity index (χ3v) is 4.19. The number of hydrogen-bond acceptors (Lipinski definition) is 5.